The van der Waals surface area contributed by atoms with Crippen molar-refractivity contribution in [2.75, 3.05) is 5.32 Å². The van der Waals surface area contributed by atoms with Crippen molar-refractivity contribution in [3.05, 3.63) is 66.1 Å². The van der Waals surface area contributed by atoms with E-state index in [1.54, 1.807) is 35.0 Å². The zero-order valence-electron chi connectivity index (χ0n) is 19.0. The van der Waals surface area contributed by atoms with Crippen LogP contribution in [0.4, 0.5) is 14.6 Å². The van der Waals surface area contributed by atoms with Gasteiger partial charge in [0.25, 0.3) is 0 Å². The monoisotopic (exact) mass is 492 g/mol. The molecule has 0 saturated heterocycles. The summed E-state index contributed by atoms with van der Waals surface area (Å²) in [5.41, 5.74) is 1.78. The number of halogens is 2. The van der Waals surface area contributed by atoms with Gasteiger partial charge in [-0.25, -0.2) is 18.7 Å². The first-order valence-electron chi connectivity index (χ1n) is 11.7. The van der Waals surface area contributed by atoms with Crippen molar-refractivity contribution in [2.45, 2.75) is 31.8 Å². The Morgan fingerprint density at radius 2 is 1.97 bits per heavy atom. The van der Waals surface area contributed by atoms with Crippen molar-refractivity contribution >= 4 is 11.8 Å². The highest BCUT2D eigenvalue weighted by Gasteiger charge is 2.51. The number of hydrogen-bond donors (Lipinski definition) is 2. The number of nitrogens with zero attached hydrogens (tertiary/aromatic N) is 5. The van der Waals surface area contributed by atoms with Crippen molar-refractivity contribution in [3.8, 4) is 22.9 Å². The highest BCUT2D eigenvalue weighted by atomic mass is 19.1. The number of aromatic nitrogens is 5. The smallest absolute Gasteiger partial charge is 0.308 e. The van der Waals surface area contributed by atoms with Gasteiger partial charge in [0.1, 0.15) is 23.5 Å². The largest absolute Gasteiger partial charge is 0.481 e. The molecular formula is C25H22F2N6O3. The molecule has 2 fully saturated rings. The summed E-state index contributed by atoms with van der Waals surface area (Å²) in [7, 11) is 0. The number of carboxylic acids is 1. The van der Waals surface area contributed by atoms with E-state index in [1.807, 2.05) is 0 Å². The number of rotatable bonds is 7. The summed E-state index contributed by atoms with van der Waals surface area (Å²) in [5, 5.41) is 21.3. The number of nitrogens with one attached hydrogen (secondary N) is 1. The molecule has 2 N–H and O–H groups in total. The molecule has 3 aromatic heterocycles. The van der Waals surface area contributed by atoms with Crippen molar-refractivity contribution in [1.82, 2.24) is 24.9 Å². The highest BCUT2D eigenvalue weighted by Crippen LogP contribution is 2.49. The van der Waals surface area contributed by atoms with Crippen LogP contribution < -0.4 is 5.32 Å². The maximum Gasteiger partial charge on any atom is 0.308 e. The number of fused-ring (bicyclic) bond motifs is 2. The van der Waals surface area contributed by atoms with Gasteiger partial charge in [0.05, 0.1) is 24.4 Å². The second-order valence-corrected chi connectivity index (χ2v) is 9.31. The van der Waals surface area contributed by atoms with Crippen LogP contribution in [0.2, 0.25) is 0 Å². The molecule has 1 aromatic carbocycles. The number of aliphatic carboxylic acids is 1. The Morgan fingerprint density at radius 3 is 2.75 bits per heavy atom. The van der Waals surface area contributed by atoms with Crippen LogP contribution in [-0.2, 0) is 11.3 Å². The predicted octanol–water partition coefficient (Wildman–Crippen LogP) is 4.23. The maximum atomic E-state index is 14.7. The van der Waals surface area contributed by atoms with Gasteiger partial charge >= 0.3 is 5.97 Å². The van der Waals surface area contributed by atoms with Crippen molar-refractivity contribution in [1.29, 1.82) is 0 Å². The zero-order chi connectivity index (χ0) is 24.8. The number of hydrogen-bond acceptors (Lipinski definition) is 7. The Balaban J connectivity index is 1.35. The van der Waals surface area contributed by atoms with Gasteiger partial charge in [-0.1, -0.05) is 23.4 Å². The van der Waals surface area contributed by atoms with Gasteiger partial charge < -0.3 is 14.9 Å². The molecule has 11 heteroatoms. The SMILES string of the molecule is O=C(O)[C@H]1[C@H]2CC[C@H](C2)[C@H]1Nc1nc(-c2cc(-c3ccon3)n(Cc3ccccc3F)n2)ncc1F. The van der Waals surface area contributed by atoms with Crippen LogP contribution in [0.25, 0.3) is 22.9 Å². The molecule has 184 valence electrons. The molecule has 6 rings (SSSR count). The van der Waals surface area contributed by atoms with E-state index < -0.39 is 23.7 Å². The molecular weight excluding hydrogens is 470 g/mol. The van der Waals surface area contributed by atoms with Gasteiger partial charge in [-0.05, 0) is 43.2 Å². The molecule has 2 aliphatic carbocycles. The molecule has 4 aromatic rings. The van der Waals surface area contributed by atoms with Crippen LogP contribution in [0.1, 0.15) is 24.8 Å². The minimum absolute atomic E-state index is 0.0598. The molecule has 0 unspecified atom stereocenters. The van der Waals surface area contributed by atoms with Crippen LogP contribution >= 0.6 is 0 Å². The first kappa shape index (κ1) is 22.3. The summed E-state index contributed by atoms with van der Waals surface area (Å²) in [6.07, 6.45) is 5.06. The third-order valence-electron chi connectivity index (χ3n) is 7.24. The standard InChI is InChI=1S/C25H22F2N6O3/c26-16-4-2-1-3-15(16)12-33-20(18-7-8-36-32-18)10-19(31-33)24-28-11-17(27)23(30-24)29-22-14-6-5-13(9-14)21(22)25(34)35/h1-4,7-8,10-11,13-14,21-22H,5-6,9,12H2,(H,34,35)(H,28,29,30)/t13-,14+,21-,22+/m0/s1. The summed E-state index contributed by atoms with van der Waals surface area (Å²) in [4.78, 5) is 20.3. The van der Waals surface area contributed by atoms with E-state index in [9.17, 15) is 18.7 Å². The van der Waals surface area contributed by atoms with Crippen LogP contribution in [-0.4, -0.2) is 42.0 Å². The summed E-state index contributed by atoms with van der Waals surface area (Å²) in [6.45, 7) is 0.118. The minimum atomic E-state index is -0.876. The normalized spacial score (nSPS) is 22.7. The van der Waals surface area contributed by atoms with Gasteiger partial charge in [0.15, 0.2) is 17.5 Å². The number of carboxylic acid groups (broad SMARTS) is 1. The minimum Gasteiger partial charge on any atom is -0.481 e. The quantitative estimate of drug-likeness (QED) is 0.393. The number of carbonyl (C=O) groups is 1. The van der Waals surface area contributed by atoms with Gasteiger partial charge in [0.2, 0.25) is 0 Å². The molecule has 4 atom stereocenters. The first-order valence-corrected chi connectivity index (χ1v) is 11.7. The van der Waals surface area contributed by atoms with E-state index in [0.717, 1.165) is 25.5 Å². The molecule has 0 spiro atoms. The summed E-state index contributed by atoms with van der Waals surface area (Å²) < 4.78 is 35.6. The fourth-order valence-corrected chi connectivity index (χ4v) is 5.59. The van der Waals surface area contributed by atoms with Gasteiger partial charge in [0, 0.05) is 17.7 Å². The molecule has 0 amide bonds. The van der Waals surface area contributed by atoms with Crippen molar-refractivity contribution < 1.29 is 23.2 Å². The van der Waals surface area contributed by atoms with E-state index in [4.69, 9.17) is 4.52 Å². The fraction of sp³-hybridized carbons (Fsp3) is 0.320. The van der Waals surface area contributed by atoms with E-state index in [1.165, 1.54) is 12.3 Å². The lowest BCUT2D eigenvalue weighted by Crippen LogP contribution is -2.39. The lowest BCUT2D eigenvalue weighted by atomic mass is 9.84. The van der Waals surface area contributed by atoms with Crippen molar-refractivity contribution in [2.24, 2.45) is 17.8 Å². The molecule has 2 aliphatic rings. The second kappa shape index (κ2) is 8.81. The molecule has 2 bridgehead atoms. The third kappa shape index (κ3) is 3.90. The summed E-state index contributed by atoms with van der Waals surface area (Å²) in [6, 6.07) is 9.30. The topological polar surface area (TPSA) is 119 Å². The fourth-order valence-electron chi connectivity index (χ4n) is 5.59. The summed E-state index contributed by atoms with van der Waals surface area (Å²) >= 11 is 0. The number of benzene rings is 1. The van der Waals surface area contributed by atoms with E-state index in [2.05, 4.69) is 25.5 Å². The lowest BCUT2D eigenvalue weighted by molar-refractivity contribution is -0.143. The first-order chi connectivity index (χ1) is 17.5. The molecule has 2 saturated carbocycles. The Bertz CT molecular complexity index is 1420. The van der Waals surface area contributed by atoms with E-state index >= 15 is 0 Å². The molecule has 3 heterocycles. The Kier molecular flexibility index (Phi) is 5.46. The summed E-state index contributed by atoms with van der Waals surface area (Å²) in [5.74, 6) is -2.17. The zero-order valence-corrected chi connectivity index (χ0v) is 19.0. The lowest BCUT2D eigenvalue weighted by Gasteiger charge is -2.29. The van der Waals surface area contributed by atoms with Gasteiger partial charge in [-0.3, -0.25) is 9.48 Å². The predicted molar refractivity (Wildman–Crippen MR) is 124 cm³/mol. The van der Waals surface area contributed by atoms with E-state index in [0.29, 0.717) is 22.6 Å². The second-order valence-electron chi connectivity index (χ2n) is 9.31. The van der Waals surface area contributed by atoms with Crippen LogP contribution in [0, 0.1) is 29.4 Å². The molecule has 0 radical (unpaired) electrons. The Hall–Kier alpha value is -4.15. The Labute approximate surface area is 204 Å². The molecule has 9 nitrogen and oxygen atoms in total. The van der Waals surface area contributed by atoms with Crippen molar-refractivity contribution in [3.63, 3.8) is 0 Å². The van der Waals surface area contributed by atoms with Crippen LogP contribution in [0.15, 0.2) is 53.4 Å². The third-order valence-corrected chi connectivity index (χ3v) is 7.24. The average molecular weight is 492 g/mol. The Morgan fingerprint density at radius 1 is 1.14 bits per heavy atom. The highest BCUT2D eigenvalue weighted by molar-refractivity contribution is 5.73. The average Bonchev–Trinajstić information content (AvgIpc) is 3.66. The van der Waals surface area contributed by atoms with E-state index in [-0.39, 0.29) is 35.8 Å². The molecule has 36 heavy (non-hydrogen) atoms. The van der Waals surface area contributed by atoms with Gasteiger partial charge in [-0.15, -0.1) is 0 Å². The number of anilines is 1. The van der Waals surface area contributed by atoms with Gasteiger partial charge in [-0.2, -0.15) is 5.10 Å². The van der Waals surface area contributed by atoms with Crippen LogP contribution in [0.5, 0.6) is 0 Å². The van der Waals surface area contributed by atoms with Crippen LogP contribution in [0.3, 0.4) is 0 Å². The molecule has 0 aliphatic heterocycles. The maximum absolute atomic E-state index is 14.7.